The zero-order valence-corrected chi connectivity index (χ0v) is 12.3. The molecule has 3 aromatic rings. The molecule has 2 nitrogen and oxygen atoms in total. The van der Waals surface area contributed by atoms with Gasteiger partial charge in [0.05, 0.1) is 5.56 Å². The van der Waals surface area contributed by atoms with Crippen LogP contribution in [0, 0.1) is 0 Å². The summed E-state index contributed by atoms with van der Waals surface area (Å²) in [7, 11) is 0. The Kier molecular flexibility index (Phi) is 3.58. The predicted octanol–water partition coefficient (Wildman–Crippen LogP) is 5.51. The Hall–Kier alpha value is -2.03. The summed E-state index contributed by atoms with van der Waals surface area (Å²) in [6, 6.07) is 16.2. The Bertz CT molecular complexity index is 857. The lowest BCUT2D eigenvalue weighted by atomic mass is 9.97. The maximum atomic E-state index is 11.2. The monoisotopic (exact) mass is 316 g/mol. The standard InChI is InChI=1S/C17H10Cl2O2/c18-12-8-10(7-11(9-12)17(20)21)13-5-6-16(19)15-4-2-1-3-14(13)15/h1-9H,(H,20,21). The highest BCUT2D eigenvalue weighted by atomic mass is 35.5. The first-order valence-electron chi connectivity index (χ1n) is 6.28. The highest BCUT2D eigenvalue weighted by molar-refractivity contribution is 6.36. The highest BCUT2D eigenvalue weighted by Gasteiger charge is 2.11. The molecule has 0 unspecified atom stereocenters. The number of hydrogen-bond acceptors (Lipinski definition) is 1. The molecule has 0 fully saturated rings. The van der Waals surface area contributed by atoms with Crippen LogP contribution in [0.4, 0.5) is 0 Å². The summed E-state index contributed by atoms with van der Waals surface area (Å²) in [4.78, 5) is 11.2. The van der Waals surface area contributed by atoms with E-state index < -0.39 is 5.97 Å². The minimum Gasteiger partial charge on any atom is -0.478 e. The van der Waals surface area contributed by atoms with Crippen LogP contribution in [0.25, 0.3) is 21.9 Å². The average Bonchev–Trinajstić information content (AvgIpc) is 2.47. The van der Waals surface area contributed by atoms with Crippen LogP contribution in [-0.2, 0) is 0 Å². The van der Waals surface area contributed by atoms with E-state index in [0.717, 1.165) is 21.9 Å². The molecular weight excluding hydrogens is 307 g/mol. The van der Waals surface area contributed by atoms with E-state index >= 15 is 0 Å². The van der Waals surface area contributed by atoms with Crippen LogP contribution < -0.4 is 0 Å². The Morgan fingerprint density at radius 1 is 0.905 bits per heavy atom. The van der Waals surface area contributed by atoms with Gasteiger partial charge in [-0.05, 0) is 40.8 Å². The third-order valence-electron chi connectivity index (χ3n) is 3.33. The first-order chi connectivity index (χ1) is 10.1. The number of halogens is 2. The zero-order valence-electron chi connectivity index (χ0n) is 10.8. The lowest BCUT2D eigenvalue weighted by Crippen LogP contribution is -1.96. The first kappa shape index (κ1) is 13.9. The zero-order chi connectivity index (χ0) is 15.0. The largest absolute Gasteiger partial charge is 0.478 e. The molecule has 0 saturated carbocycles. The molecule has 104 valence electrons. The molecule has 0 saturated heterocycles. The van der Waals surface area contributed by atoms with Gasteiger partial charge in [-0.2, -0.15) is 0 Å². The molecule has 0 bridgehead atoms. The topological polar surface area (TPSA) is 37.3 Å². The van der Waals surface area contributed by atoms with E-state index in [-0.39, 0.29) is 5.56 Å². The summed E-state index contributed by atoms with van der Waals surface area (Å²) in [6.07, 6.45) is 0. The van der Waals surface area contributed by atoms with E-state index in [4.69, 9.17) is 28.3 Å². The number of carboxylic acid groups (broad SMARTS) is 1. The molecule has 0 aromatic heterocycles. The van der Waals surface area contributed by atoms with Crippen molar-refractivity contribution in [3.05, 3.63) is 70.2 Å². The van der Waals surface area contributed by atoms with Gasteiger partial charge < -0.3 is 5.11 Å². The second-order valence-corrected chi connectivity index (χ2v) is 5.52. The highest BCUT2D eigenvalue weighted by Crippen LogP contribution is 2.34. The third kappa shape index (κ3) is 2.60. The quantitative estimate of drug-likeness (QED) is 0.676. The summed E-state index contributed by atoms with van der Waals surface area (Å²) in [5.41, 5.74) is 1.82. The van der Waals surface area contributed by atoms with Crippen molar-refractivity contribution in [2.75, 3.05) is 0 Å². The lowest BCUT2D eigenvalue weighted by Gasteiger charge is -2.10. The van der Waals surface area contributed by atoms with Crippen molar-refractivity contribution in [2.45, 2.75) is 0 Å². The minimum atomic E-state index is -1.00. The van der Waals surface area contributed by atoms with Gasteiger partial charge in [0.15, 0.2) is 0 Å². The summed E-state index contributed by atoms with van der Waals surface area (Å²) in [6.45, 7) is 0. The maximum Gasteiger partial charge on any atom is 0.335 e. The predicted molar refractivity (Wildman–Crippen MR) is 86.4 cm³/mol. The van der Waals surface area contributed by atoms with Crippen molar-refractivity contribution < 1.29 is 9.90 Å². The van der Waals surface area contributed by atoms with Gasteiger partial charge in [-0.3, -0.25) is 0 Å². The Morgan fingerprint density at radius 3 is 2.33 bits per heavy atom. The fraction of sp³-hybridized carbons (Fsp3) is 0. The van der Waals surface area contributed by atoms with Crippen LogP contribution >= 0.6 is 23.2 Å². The summed E-state index contributed by atoms with van der Waals surface area (Å²) in [5, 5.41) is 12.1. The van der Waals surface area contributed by atoms with Gasteiger partial charge in [-0.15, -0.1) is 0 Å². The van der Waals surface area contributed by atoms with Gasteiger partial charge in [-0.1, -0.05) is 53.5 Å². The lowest BCUT2D eigenvalue weighted by molar-refractivity contribution is 0.0697. The maximum absolute atomic E-state index is 11.2. The van der Waals surface area contributed by atoms with Crippen LogP contribution in [-0.4, -0.2) is 11.1 Å². The molecule has 0 heterocycles. The summed E-state index contributed by atoms with van der Waals surface area (Å²) in [5.74, 6) is -1.00. The van der Waals surface area contributed by atoms with Crippen molar-refractivity contribution in [3.63, 3.8) is 0 Å². The van der Waals surface area contributed by atoms with E-state index in [1.54, 1.807) is 18.2 Å². The van der Waals surface area contributed by atoms with Crippen LogP contribution in [0.3, 0.4) is 0 Å². The second kappa shape index (κ2) is 5.40. The number of fused-ring (bicyclic) bond motifs is 1. The first-order valence-corrected chi connectivity index (χ1v) is 7.03. The molecule has 0 spiro atoms. The van der Waals surface area contributed by atoms with Gasteiger partial charge in [-0.25, -0.2) is 4.79 Å². The summed E-state index contributed by atoms with van der Waals surface area (Å²) < 4.78 is 0. The van der Waals surface area contributed by atoms with E-state index in [9.17, 15) is 4.79 Å². The van der Waals surface area contributed by atoms with Gasteiger partial charge in [0.2, 0.25) is 0 Å². The van der Waals surface area contributed by atoms with Crippen LogP contribution in [0.5, 0.6) is 0 Å². The van der Waals surface area contributed by atoms with Crippen LogP contribution in [0.2, 0.25) is 10.0 Å². The van der Waals surface area contributed by atoms with Crippen molar-refractivity contribution in [3.8, 4) is 11.1 Å². The normalized spacial score (nSPS) is 10.8. The molecular formula is C17H10Cl2O2. The number of aromatic carboxylic acids is 1. The average molecular weight is 317 g/mol. The van der Waals surface area contributed by atoms with E-state index in [0.29, 0.717) is 10.0 Å². The molecule has 3 rings (SSSR count). The van der Waals surface area contributed by atoms with Crippen molar-refractivity contribution >= 4 is 39.9 Å². The number of carbonyl (C=O) groups is 1. The smallest absolute Gasteiger partial charge is 0.335 e. The molecule has 0 aliphatic rings. The number of rotatable bonds is 2. The molecule has 0 aliphatic carbocycles. The Morgan fingerprint density at radius 2 is 1.62 bits per heavy atom. The van der Waals surface area contributed by atoms with E-state index in [1.807, 2.05) is 30.3 Å². The second-order valence-electron chi connectivity index (χ2n) is 4.67. The van der Waals surface area contributed by atoms with Crippen molar-refractivity contribution in [1.82, 2.24) is 0 Å². The molecule has 0 atom stereocenters. The number of hydrogen-bond donors (Lipinski definition) is 1. The Labute approximate surface area is 131 Å². The summed E-state index contributed by atoms with van der Waals surface area (Å²) >= 11 is 12.2. The molecule has 4 heteroatoms. The molecule has 0 aliphatic heterocycles. The molecule has 3 aromatic carbocycles. The number of benzene rings is 3. The molecule has 0 amide bonds. The molecule has 0 radical (unpaired) electrons. The van der Waals surface area contributed by atoms with E-state index in [1.165, 1.54) is 6.07 Å². The number of carboxylic acids is 1. The Balaban J connectivity index is 2.31. The van der Waals surface area contributed by atoms with Gasteiger partial charge in [0.1, 0.15) is 0 Å². The third-order valence-corrected chi connectivity index (χ3v) is 3.87. The van der Waals surface area contributed by atoms with Gasteiger partial charge in [0.25, 0.3) is 0 Å². The van der Waals surface area contributed by atoms with Gasteiger partial charge >= 0.3 is 5.97 Å². The molecule has 21 heavy (non-hydrogen) atoms. The fourth-order valence-electron chi connectivity index (χ4n) is 2.38. The van der Waals surface area contributed by atoms with Crippen LogP contribution in [0.1, 0.15) is 10.4 Å². The minimum absolute atomic E-state index is 0.163. The fourth-order valence-corrected chi connectivity index (χ4v) is 2.85. The van der Waals surface area contributed by atoms with Crippen LogP contribution in [0.15, 0.2) is 54.6 Å². The van der Waals surface area contributed by atoms with Crippen molar-refractivity contribution in [2.24, 2.45) is 0 Å². The van der Waals surface area contributed by atoms with Gasteiger partial charge in [0, 0.05) is 15.4 Å². The SMILES string of the molecule is O=C(O)c1cc(Cl)cc(-c2ccc(Cl)c3ccccc23)c1. The molecule has 1 N–H and O–H groups in total. The van der Waals surface area contributed by atoms with Crippen molar-refractivity contribution in [1.29, 1.82) is 0 Å². The van der Waals surface area contributed by atoms with E-state index in [2.05, 4.69) is 0 Å².